The molecule has 0 fully saturated rings. The van der Waals surface area contributed by atoms with Crippen LogP contribution in [0.3, 0.4) is 0 Å². The van der Waals surface area contributed by atoms with Crippen LogP contribution in [0.1, 0.15) is 68.6 Å². The maximum Gasteiger partial charge on any atom is 0.251 e. The Kier molecular flexibility index (Phi) is 5.53. The van der Waals surface area contributed by atoms with Gasteiger partial charge in [-0.15, -0.1) is 0 Å². The van der Waals surface area contributed by atoms with Crippen molar-refractivity contribution in [1.82, 2.24) is 10.3 Å². The van der Waals surface area contributed by atoms with Crippen molar-refractivity contribution in [2.75, 3.05) is 5.73 Å². The molecular weight excluding hydrogens is 472 g/mol. The minimum atomic E-state index is -0.613. The maximum atomic E-state index is 14.4. The molecule has 5 nitrogen and oxygen atoms in total. The summed E-state index contributed by atoms with van der Waals surface area (Å²) < 4.78 is 34.1. The fourth-order valence-electron chi connectivity index (χ4n) is 5.50. The molecule has 37 heavy (non-hydrogen) atoms. The van der Waals surface area contributed by atoms with E-state index in [9.17, 15) is 13.6 Å². The van der Waals surface area contributed by atoms with Crippen LogP contribution in [0.5, 0.6) is 0 Å². The van der Waals surface area contributed by atoms with Crippen molar-refractivity contribution in [3.63, 3.8) is 0 Å². The number of nitrogens with two attached hydrogens (primary N) is 1. The van der Waals surface area contributed by atoms with Gasteiger partial charge in [0.15, 0.2) is 0 Å². The first kappa shape index (κ1) is 23.3. The fraction of sp³-hybridized carbons (Fsp3) is 0.200. The number of hydrogen-bond donors (Lipinski definition) is 2. The summed E-state index contributed by atoms with van der Waals surface area (Å²) in [7, 11) is 0. The third-order valence-corrected chi connectivity index (χ3v) is 7.33. The highest BCUT2D eigenvalue weighted by atomic mass is 19.1. The van der Waals surface area contributed by atoms with Gasteiger partial charge in [-0.3, -0.25) is 4.79 Å². The van der Waals surface area contributed by atoms with E-state index < -0.39 is 11.6 Å². The molecule has 2 bridgehead atoms. The van der Waals surface area contributed by atoms with E-state index in [0.29, 0.717) is 29.1 Å². The molecule has 0 saturated heterocycles. The van der Waals surface area contributed by atoms with Gasteiger partial charge in [-0.1, -0.05) is 25.1 Å². The highest BCUT2D eigenvalue weighted by Crippen LogP contribution is 2.54. The number of benzene rings is 3. The molecule has 1 aromatic heterocycles. The first-order valence-electron chi connectivity index (χ1n) is 12.3. The van der Waals surface area contributed by atoms with Crippen molar-refractivity contribution < 1.29 is 18.3 Å². The molecule has 2 aliphatic heterocycles. The van der Waals surface area contributed by atoms with Gasteiger partial charge in [0.2, 0.25) is 0 Å². The summed E-state index contributed by atoms with van der Waals surface area (Å²) in [6.07, 6.45) is 0.220. The zero-order valence-electron chi connectivity index (χ0n) is 20.4. The highest BCUT2D eigenvalue weighted by Gasteiger charge is 2.43. The van der Waals surface area contributed by atoms with Gasteiger partial charge in [-0.2, -0.15) is 0 Å². The highest BCUT2D eigenvalue weighted by molar-refractivity contribution is 5.94. The van der Waals surface area contributed by atoms with Crippen LogP contribution in [0.25, 0.3) is 11.1 Å². The second-order valence-electron chi connectivity index (χ2n) is 9.51. The number of anilines is 1. The van der Waals surface area contributed by atoms with Crippen molar-refractivity contribution in [1.29, 1.82) is 0 Å². The van der Waals surface area contributed by atoms with Gasteiger partial charge in [0.25, 0.3) is 5.91 Å². The number of amides is 1. The minimum absolute atomic E-state index is 0.189. The molecule has 6 rings (SSSR count). The zero-order chi connectivity index (χ0) is 25.8. The number of pyridine rings is 1. The van der Waals surface area contributed by atoms with Crippen LogP contribution >= 0.6 is 0 Å². The van der Waals surface area contributed by atoms with Crippen LogP contribution in [0.2, 0.25) is 0 Å². The topological polar surface area (TPSA) is 77.2 Å². The number of nitrogen functional groups attached to an aromatic ring is 1. The van der Waals surface area contributed by atoms with Gasteiger partial charge in [-0.25, -0.2) is 13.8 Å². The van der Waals surface area contributed by atoms with Crippen molar-refractivity contribution in [2.45, 2.75) is 39.0 Å². The molecule has 0 saturated carbocycles. The predicted molar refractivity (Wildman–Crippen MR) is 137 cm³/mol. The van der Waals surface area contributed by atoms with Gasteiger partial charge in [0.1, 0.15) is 29.7 Å². The van der Waals surface area contributed by atoms with E-state index in [1.807, 2.05) is 56.3 Å². The van der Waals surface area contributed by atoms with E-state index >= 15 is 0 Å². The maximum absolute atomic E-state index is 14.4. The van der Waals surface area contributed by atoms with E-state index in [1.165, 1.54) is 12.1 Å². The Labute approximate surface area is 213 Å². The predicted octanol–water partition coefficient (Wildman–Crippen LogP) is 5.93. The van der Waals surface area contributed by atoms with Crippen molar-refractivity contribution in [3.05, 3.63) is 117 Å². The molecule has 0 radical (unpaired) electrons. The van der Waals surface area contributed by atoms with Crippen LogP contribution in [0.15, 0.2) is 60.7 Å². The Morgan fingerprint density at radius 3 is 2.46 bits per heavy atom. The summed E-state index contributed by atoms with van der Waals surface area (Å²) in [5, 5.41) is 3.01. The normalized spacial score (nSPS) is 17.0. The molecule has 2 aliphatic rings. The van der Waals surface area contributed by atoms with Gasteiger partial charge < -0.3 is 15.8 Å². The van der Waals surface area contributed by atoms with Crippen molar-refractivity contribution >= 4 is 11.7 Å². The lowest BCUT2D eigenvalue weighted by Gasteiger charge is -2.18. The van der Waals surface area contributed by atoms with Gasteiger partial charge in [-0.05, 0) is 88.7 Å². The van der Waals surface area contributed by atoms with E-state index in [0.717, 1.165) is 51.6 Å². The Hall–Kier alpha value is -4.10. The summed E-state index contributed by atoms with van der Waals surface area (Å²) in [6.45, 7) is 4.29. The van der Waals surface area contributed by atoms with Crippen LogP contribution in [-0.2, 0) is 17.7 Å². The van der Waals surface area contributed by atoms with Crippen LogP contribution in [-0.4, -0.2) is 10.9 Å². The number of carbonyl (C=O) groups is 1. The monoisotopic (exact) mass is 497 g/mol. The summed E-state index contributed by atoms with van der Waals surface area (Å²) in [6, 6.07) is 16.7. The number of fused-ring (bicyclic) bond motifs is 8. The quantitative estimate of drug-likeness (QED) is 0.358. The lowest BCUT2D eigenvalue weighted by Crippen LogP contribution is -2.24. The average Bonchev–Trinajstić information content (AvgIpc) is 3.44. The second kappa shape index (κ2) is 8.78. The summed E-state index contributed by atoms with van der Waals surface area (Å²) >= 11 is 0. The van der Waals surface area contributed by atoms with Crippen LogP contribution in [0.4, 0.5) is 14.6 Å². The molecule has 3 N–H and O–H groups in total. The van der Waals surface area contributed by atoms with Gasteiger partial charge >= 0.3 is 0 Å². The van der Waals surface area contributed by atoms with Gasteiger partial charge in [0, 0.05) is 29.4 Å². The number of rotatable bonds is 5. The summed E-state index contributed by atoms with van der Waals surface area (Å²) in [5.74, 6) is -0.936. The Morgan fingerprint density at radius 1 is 0.973 bits per heavy atom. The molecule has 3 aromatic carbocycles. The molecular formula is C30H25F2N3O2. The number of halogens is 2. The molecule has 2 unspecified atom stereocenters. The third-order valence-electron chi connectivity index (χ3n) is 7.33. The van der Waals surface area contributed by atoms with Crippen LogP contribution in [0, 0.1) is 18.6 Å². The number of nitrogens with one attached hydrogen (secondary N) is 1. The summed E-state index contributed by atoms with van der Waals surface area (Å²) in [5.41, 5.74) is 14.2. The zero-order valence-corrected chi connectivity index (χ0v) is 20.4. The lowest BCUT2D eigenvalue weighted by atomic mass is 9.83. The molecule has 3 heterocycles. The van der Waals surface area contributed by atoms with E-state index in [2.05, 4.69) is 10.3 Å². The lowest BCUT2D eigenvalue weighted by molar-refractivity contribution is 0.0857. The Bertz CT molecular complexity index is 1580. The molecule has 7 heteroatoms. The molecule has 0 aliphatic carbocycles. The standard InChI is InChI=1S/C30H25F2N3O2/c1-3-16-12-27(33)35-15(2)25(16)14-34-30(36)18-5-8-22-24(11-18)29-23-10-17(4-7-21(23)28(22)37-29)20-9-6-19(31)13-26(20)32/h4-13,28-29H,3,14H2,1-2H3,(H2,33,35)(H,34,36). The van der Waals surface area contributed by atoms with Crippen molar-refractivity contribution in [2.24, 2.45) is 0 Å². The molecule has 1 amide bonds. The molecule has 186 valence electrons. The van der Waals surface area contributed by atoms with E-state index in [4.69, 9.17) is 10.5 Å². The number of ether oxygens (including phenoxy) is 1. The first-order valence-corrected chi connectivity index (χ1v) is 12.3. The van der Waals surface area contributed by atoms with Crippen LogP contribution < -0.4 is 11.1 Å². The number of aryl methyl sites for hydroxylation is 2. The number of aromatic nitrogens is 1. The SMILES string of the molecule is CCc1cc(N)nc(C)c1CNC(=O)c1ccc2c(c1)C1OC2c2ccc(-c3ccc(F)cc3F)cc21. The van der Waals surface area contributed by atoms with E-state index in [-0.39, 0.29) is 18.1 Å². The van der Waals surface area contributed by atoms with E-state index in [1.54, 1.807) is 0 Å². The number of carbonyl (C=O) groups excluding carboxylic acids is 1. The third kappa shape index (κ3) is 3.86. The largest absolute Gasteiger partial charge is 0.384 e. The Morgan fingerprint density at radius 2 is 1.70 bits per heavy atom. The second-order valence-corrected chi connectivity index (χ2v) is 9.51. The number of hydrogen-bond acceptors (Lipinski definition) is 4. The fourth-order valence-corrected chi connectivity index (χ4v) is 5.50. The summed E-state index contributed by atoms with van der Waals surface area (Å²) in [4.78, 5) is 17.4. The van der Waals surface area contributed by atoms with Gasteiger partial charge in [0.05, 0.1) is 0 Å². The molecule has 2 atom stereocenters. The molecule has 4 aromatic rings. The smallest absolute Gasteiger partial charge is 0.251 e. The minimum Gasteiger partial charge on any atom is -0.384 e. The molecule has 0 spiro atoms. The average molecular weight is 498 g/mol. The Balaban J connectivity index is 1.26. The number of nitrogens with zero attached hydrogens (tertiary/aromatic N) is 1. The first-order chi connectivity index (χ1) is 17.8. The van der Waals surface area contributed by atoms with Crippen molar-refractivity contribution in [3.8, 4) is 11.1 Å².